The monoisotopic (exact) mass is 443 g/mol. The summed E-state index contributed by atoms with van der Waals surface area (Å²) in [6.45, 7) is 4.09. The number of para-hydroxylation sites is 1. The van der Waals surface area contributed by atoms with Crippen LogP contribution in [0.3, 0.4) is 0 Å². The number of ether oxygens (including phenoxy) is 1. The van der Waals surface area contributed by atoms with Crippen LogP contribution < -0.4 is 9.64 Å². The first-order chi connectivity index (χ1) is 14.2. The minimum atomic E-state index is -0.346. The Balaban J connectivity index is 1.95. The van der Waals surface area contributed by atoms with Crippen LogP contribution in [0.2, 0.25) is 10.0 Å². The van der Waals surface area contributed by atoms with E-state index in [-0.39, 0.29) is 29.4 Å². The zero-order valence-corrected chi connectivity index (χ0v) is 18.7. The van der Waals surface area contributed by atoms with Crippen molar-refractivity contribution in [2.45, 2.75) is 39.0 Å². The van der Waals surface area contributed by atoms with Crippen molar-refractivity contribution in [3.63, 3.8) is 0 Å². The van der Waals surface area contributed by atoms with Gasteiger partial charge in [0.25, 0.3) is 0 Å². The van der Waals surface area contributed by atoms with E-state index in [1.165, 1.54) is 0 Å². The number of halogens is 2. The molecule has 1 unspecified atom stereocenters. The van der Waals surface area contributed by atoms with E-state index in [9.17, 15) is 9.59 Å². The van der Waals surface area contributed by atoms with Crippen LogP contribution in [0.1, 0.15) is 44.6 Å². The Morgan fingerprint density at radius 1 is 1.03 bits per heavy atom. The molecule has 4 rings (SSSR count). The van der Waals surface area contributed by atoms with E-state index in [0.29, 0.717) is 45.6 Å². The van der Waals surface area contributed by atoms with Gasteiger partial charge in [0.05, 0.1) is 22.8 Å². The minimum Gasteiger partial charge on any atom is -0.496 e. The molecule has 0 fully saturated rings. The van der Waals surface area contributed by atoms with Crippen molar-refractivity contribution >= 4 is 40.6 Å². The zero-order chi connectivity index (χ0) is 21.6. The van der Waals surface area contributed by atoms with Crippen LogP contribution >= 0.6 is 23.2 Å². The number of benzene rings is 2. The molecular weight excluding hydrogens is 421 g/mol. The fourth-order valence-electron chi connectivity index (χ4n) is 4.58. The van der Waals surface area contributed by atoms with Gasteiger partial charge in [-0.25, -0.2) is 0 Å². The largest absolute Gasteiger partial charge is 0.496 e. The molecule has 0 saturated heterocycles. The fourth-order valence-corrected chi connectivity index (χ4v) is 4.96. The molecule has 30 heavy (non-hydrogen) atoms. The van der Waals surface area contributed by atoms with E-state index in [4.69, 9.17) is 27.9 Å². The molecule has 0 saturated carbocycles. The quantitative estimate of drug-likeness (QED) is 0.569. The SMILES string of the molecule is COc1ccccc1C1CC(=O)N(c2cccc(Cl)c2Cl)C2=C1C(=O)CC(C)(C)C2. The van der Waals surface area contributed by atoms with Crippen LogP contribution in [0.5, 0.6) is 5.75 Å². The lowest BCUT2D eigenvalue weighted by molar-refractivity contribution is -0.121. The summed E-state index contributed by atoms with van der Waals surface area (Å²) in [6, 6.07) is 12.8. The molecule has 2 aliphatic rings. The van der Waals surface area contributed by atoms with Crippen LogP contribution in [-0.2, 0) is 9.59 Å². The lowest BCUT2D eigenvalue weighted by atomic mass is 9.69. The van der Waals surface area contributed by atoms with Crippen LogP contribution in [0.15, 0.2) is 53.7 Å². The smallest absolute Gasteiger partial charge is 0.232 e. The molecule has 0 bridgehead atoms. The number of hydrogen-bond acceptors (Lipinski definition) is 3. The first-order valence-corrected chi connectivity index (χ1v) is 10.7. The summed E-state index contributed by atoms with van der Waals surface area (Å²) >= 11 is 12.7. The molecule has 4 nitrogen and oxygen atoms in total. The highest BCUT2D eigenvalue weighted by Crippen LogP contribution is 2.50. The van der Waals surface area contributed by atoms with Gasteiger partial charge in [-0.15, -0.1) is 0 Å². The van der Waals surface area contributed by atoms with E-state index in [1.54, 1.807) is 30.2 Å². The van der Waals surface area contributed by atoms with Gasteiger partial charge in [-0.3, -0.25) is 14.5 Å². The van der Waals surface area contributed by atoms with Gasteiger partial charge in [-0.1, -0.05) is 61.3 Å². The topological polar surface area (TPSA) is 46.6 Å². The highest BCUT2D eigenvalue weighted by atomic mass is 35.5. The Morgan fingerprint density at radius 3 is 2.50 bits per heavy atom. The highest BCUT2D eigenvalue weighted by Gasteiger charge is 2.45. The predicted octanol–water partition coefficient (Wildman–Crippen LogP) is 6.17. The Kier molecular flexibility index (Phi) is 5.41. The average molecular weight is 444 g/mol. The van der Waals surface area contributed by atoms with E-state index >= 15 is 0 Å². The van der Waals surface area contributed by atoms with Gasteiger partial charge < -0.3 is 4.74 Å². The maximum atomic E-state index is 13.5. The van der Waals surface area contributed by atoms with Crippen molar-refractivity contribution < 1.29 is 14.3 Å². The summed E-state index contributed by atoms with van der Waals surface area (Å²) in [5.41, 5.74) is 2.50. The maximum absolute atomic E-state index is 13.5. The van der Waals surface area contributed by atoms with E-state index in [1.807, 2.05) is 38.1 Å². The first kappa shape index (κ1) is 21.0. The molecule has 2 aromatic carbocycles. The average Bonchev–Trinajstić information content (AvgIpc) is 2.69. The van der Waals surface area contributed by atoms with Crippen molar-refractivity contribution in [3.8, 4) is 5.75 Å². The molecule has 6 heteroatoms. The molecule has 0 radical (unpaired) electrons. The number of carbonyl (C=O) groups excluding carboxylic acids is 2. The second kappa shape index (κ2) is 7.75. The van der Waals surface area contributed by atoms with Gasteiger partial charge in [-0.05, 0) is 30.0 Å². The van der Waals surface area contributed by atoms with Gasteiger partial charge in [0.2, 0.25) is 5.91 Å². The van der Waals surface area contributed by atoms with Gasteiger partial charge in [0, 0.05) is 35.6 Å². The number of allylic oxidation sites excluding steroid dienone is 2. The first-order valence-electron chi connectivity index (χ1n) is 9.89. The standard InChI is InChI=1S/C24H23Cl2NO3/c1-24(2)12-18-22(19(28)13-24)15(14-7-4-5-10-20(14)30-3)11-21(29)27(18)17-9-6-8-16(25)23(17)26/h4-10,15H,11-13H2,1-3H3. The van der Waals surface area contributed by atoms with Crippen molar-refractivity contribution in [3.05, 3.63) is 69.3 Å². The number of amides is 1. The number of anilines is 1. The number of Topliss-reactive ketones (excluding diaryl/α,β-unsaturated/α-hetero) is 1. The fraction of sp³-hybridized carbons (Fsp3) is 0.333. The number of rotatable bonds is 3. The third kappa shape index (κ3) is 3.52. The van der Waals surface area contributed by atoms with E-state index in [2.05, 4.69) is 0 Å². The van der Waals surface area contributed by atoms with Gasteiger partial charge >= 0.3 is 0 Å². The van der Waals surface area contributed by atoms with Crippen molar-refractivity contribution in [1.82, 2.24) is 0 Å². The molecule has 1 aliphatic heterocycles. The Labute approximate surface area is 186 Å². The summed E-state index contributed by atoms with van der Waals surface area (Å²) in [7, 11) is 1.60. The summed E-state index contributed by atoms with van der Waals surface area (Å²) < 4.78 is 5.54. The van der Waals surface area contributed by atoms with Crippen molar-refractivity contribution in [2.24, 2.45) is 5.41 Å². The summed E-state index contributed by atoms with van der Waals surface area (Å²) in [6.07, 6.45) is 1.19. The molecule has 156 valence electrons. The molecular formula is C24H23Cl2NO3. The van der Waals surface area contributed by atoms with Crippen LogP contribution in [-0.4, -0.2) is 18.8 Å². The van der Waals surface area contributed by atoms with E-state index in [0.717, 1.165) is 5.56 Å². The normalized spacial score (nSPS) is 21.0. The predicted molar refractivity (Wildman–Crippen MR) is 119 cm³/mol. The Morgan fingerprint density at radius 2 is 1.77 bits per heavy atom. The van der Waals surface area contributed by atoms with Gasteiger partial charge in [0.15, 0.2) is 5.78 Å². The third-order valence-corrected chi connectivity index (χ3v) is 6.64. The van der Waals surface area contributed by atoms with Crippen LogP contribution in [0.25, 0.3) is 0 Å². The molecule has 0 spiro atoms. The number of methoxy groups -OCH3 is 1. The summed E-state index contributed by atoms with van der Waals surface area (Å²) in [4.78, 5) is 28.4. The lowest BCUT2D eigenvalue weighted by Crippen LogP contribution is -2.43. The lowest BCUT2D eigenvalue weighted by Gasteiger charge is -2.43. The molecule has 0 N–H and O–H groups in total. The number of carbonyl (C=O) groups is 2. The minimum absolute atomic E-state index is 0.0628. The molecule has 1 aliphatic carbocycles. The molecule has 0 aromatic heterocycles. The zero-order valence-electron chi connectivity index (χ0n) is 17.2. The number of hydrogen-bond donors (Lipinski definition) is 0. The molecule has 1 heterocycles. The summed E-state index contributed by atoms with van der Waals surface area (Å²) in [5, 5.41) is 0.684. The molecule has 2 aromatic rings. The second-order valence-electron chi connectivity index (χ2n) is 8.60. The second-order valence-corrected chi connectivity index (χ2v) is 9.39. The molecule has 1 atom stereocenters. The number of nitrogens with zero attached hydrogens (tertiary/aromatic N) is 1. The Bertz CT molecular complexity index is 1070. The van der Waals surface area contributed by atoms with Gasteiger partial charge in [0.1, 0.15) is 5.75 Å². The van der Waals surface area contributed by atoms with Crippen LogP contribution in [0.4, 0.5) is 5.69 Å². The van der Waals surface area contributed by atoms with E-state index < -0.39 is 0 Å². The molecule has 1 amide bonds. The van der Waals surface area contributed by atoms with Crippen molar-refractivity contribution in [1.29, 1.82) is 0 Å². The Hall–Kier alpha value is -2.30. The third-order valence-electron chi connectivity index (χ3n) is 5.83. The summed E-state index contributed by atoms with van der Waals surface area (Å²) in [5.74, 6) is 0.280. The highest BCUT2D eigenvalue weighted by molar-refractivity contribution is 6.44. The number of ketones is 1. The maximum Gasteiger partial charge on any atom is 0.232 e. The van der Waals surface area contributed by atoms with Crippen LogP contribution in [0, 0.1) is 5.41 Å². The van der Waals surface area contributed by atoms with Gasteiger partial charge in [-0.2, -0.15) is 0 Å². The van der Waals surface area contributed by atoms with Crippen molar-refractivity contribution in [2.75, 3.05) is 12.0 Å².